The molecule has 3 aromatic rings. The molecule has 3 rings (SSSR count). The molecule has 0 saturated heterocycles. The highest BCUT2D eigenvalue weighted by Crippen LogP contribution is 2.31. The van der Waals surface area contributed by atoms with E-state index >= 15 is 0 Å². The Labute approximate surface area is 163 Å². The zero-order valence-corrected chi connectivity index (χ0v) is 16.9. The van der Waals surface area contributed by atoms with Gasteiger partial charge in [-0.3, -0.25) is 4.79 Å². The summed E-state index contributed by atoms with van der Waals surface area (Å²) in [5.74, 6) is -0.614. The number of esters is 1. The van der Waals surface area contributed by atoms with E-state index in [1.165, 1.54) is 11.3 Å². The van der Waals surface area contributed by atoms with Gasteiger partial charge in [0.2, 0.25) is 0 Å². The molecule has 0 radical (unpaired) electrons. The van der Waals surface area contributed by atoms with Crippen LogP contribution in [0.25, 0.3) is 10.9 Å². The molecule has 6 heteroatoms. The molecule has 27 heavy (non-hydrogen) atoms. The predicted octanol–water partition coefficient (Wildman–Crippen LogP) is 5.02. The fourth-order valence-corrected chi connectivity index (χ4v) is 4.31. The normalized spacial score (nSPS) is 11.0. The Morgan fingerprint density at radius 1 is 1.19 bits per heavy atom. The minimum absolute atomic E-state index is 0.208. The van der Waals surface area contributed by atoms with Gasteiger partial charge >= 0.3 is 5.97 Å². The third-order valence-corrected chi connectivity index (χ3v) is 5.80. The van der Waals surface area contributed by atoms with Gasteiger partial charge in [-0.1, -0.05) is 25.1 Å². The van der Waals surface area contributed by atoms with E-state index in [0.29, 0.717) is 29.4 Å². The Balaban J connectivity index is 2.02. The second-order valence-corrected chi connectivity index (χ2v) is 7.36. The van der Waals surface area contributed by atoms with E-state index in [1.807, 2.05) is 49.6 Å². The summed E-state index contributed by atoms with van der Waals surface area (Å²) in [6, 6.07) is 9.80. The number of nitrogens with zero attached hydrogens (tertiary/aromatic N) is 1. The molecular weight excluding hydrogens is 360 g/mol. The minimum Gasteiger partial charge on any atom is -0.462 e. The maximum absolute atomic E-state index is 13.1. The van der Waals surface area contributed by atoms with Crippen LogP contribution in [0.5, 0.6) is 0 Å². The van der Waals surface area contributed by atoms with Crippen molar-refractivity contribution in [2.75, 3.05) is 11.9 Å². The summed E-state index contributed by atoms with van der Waals surface area (Å²) >= 11 is 1.42. The first-order valence-electron chi connectivity index (χ1n) is 9.20. The number of nitrogens with one attached hydrogen (secondary N) is 1. The molecule has 5 nitrogen and oxygen atoms in total. The number of benzene rings is 1. The number of carbonyl (C=O) groups is 2. The van der Waals surface area contributed by atoms with E-state index in [9.17, 15) is 9.59 Å². The van der Waals surface area contributed by atoms with Crippen molar-refractivity contribution in [2.45, 2.75) is 40.7 Å². The predicted molar refractivity (Wildman–Crippen MR) is 110 cm³/mol. The van der Waals surface area contributed by atoms with Crippen LogP contribution in [0.1, 0.15) is 52.1 Å². The van der Waals surface area contributed by atoms with E-state index in [2.05, 4.69) is 5.32 Å². The lowest BCUT2D eigenvalue weighted by Crippen LogP contribution is -2.19. The SMILES string of the molecule is CCOC(=O)c1cc(CC)sc1NC(=O)c1c(C)c2ccccc2n1CC. The second-order valence-electron chi connectivity index (χ2n) is 6.22. The molecular formula is C21H24N2O3S. The molecule has 1 N–H and O–H groups in total. The molecule has 142 valence electrons. The van der Waals surface area contributed by atoms with Gasteiger partial charge in [0.25, 0.3) is 5.91 Å². The first-order valence-corrected chi connectivity index (χ1v) is 10.0. The topological polar surface area (TPSA) is 60.3 Å². The van der Waals surface area contributed by atoms with Gasteiger partial charge in [0.05, 0.1) is 12.2 Å². The number of hydrogen-bond acceptors (Lipinski definition) is 4. The first kappa shape index (κ1) is 19.2. The van der Waals surface area contributed by atoms with Gasteiger partial charge < -0.3 is 14.6 Å². The van der Waals surface area contributed by atoms with Crippen LogP contribution < -0.4 is 5.32 Å². The number of thiophene rings is 1. The van der Waals surface area contributed by atoms with Crippen LogP contribution in [0.4, 0.5) is 5.00 Å². The van der Waals surface area contributed by atoms with Gasteiger partial charge in [-0.2, -0.15) is 0 Å². The van der Waals surface area contributed by atoms with Crippen molar-refractivity contribution in [3.05, 3.63) is 52.0 Å². The number of hydrogen-bond donors (Lipinski definition) is 1. The molecule has 0 atom stereocenters. The zero-order valence-electron chi connectivity index (χ0n) is 16.1. The maximum atomic E-state index is 13.1. The Morgan fingerprint density at radius 2 is 1.93 bits per heavy atom. The van der Waals surface area contributed by atoms with Gasteiger partial charge in [-0.15, -0.1) is 11.3 Å². The molecule has 0 saturated carbocycles. The number of rotatable bonds is 6. The average Bonchev–Trinajstić information content (AvgIpc) is 3.20. The monoisotopic (exact) mass is 384 g/mol. The number of aromatic nitrogens is 1. The van der Waals surface area contributed by atoms with E-state index in [-0.39, 0.29) is 5.91 Å². The molecule has 0 aliphatic carbocycles. The molecule has 0 spiro atoms. The Kier molecular flexibility index (Phi) is 5.65. The van der Waals surface area contributed by atoms with Gasteiger partial charge in [0.15, 0.2) is 0 Å². The van der Waals surface area contributed by atoms with E-state index in [1.54, 1.807) is 13.0 Å². The number of para-hydroxylation sites is 1. The molecule has 0 aliphatic rings. The molecule has 1 amide bonds. The number of aryl methyl sites for hydroxylation is 3. The fourth-order valence-electron chi connectivity index (χ4n) is 3.33. The number of amides is 1. The Morgan fingerprint density at radius 3 is 2.59 bits per heavy atom. The van der Waals surface area contributed by atoms with Crippen LogP contribution in [-0.4, -0.2) is 23.1 Å². The summed E-state index contributed by atoms with van der Waals surface area (Å²) in [6.07, 6.45) is 0.793. The van der Waals surface area contributed by atoms with Crippen LogP contribution in [0, 0.1) is 6.92 Å². The van der Waals surface area contributed by atoms with Gasteiger partial charge in [0, 0.05) is 22.3 Å². The van der Waals surface area contributed by atoms with Crippen LogP contribution in [0.15, 0.2) is 30.3 Å². The lowest BCUT2D eigenvalue weighted by atomic mass is 10.1. The summed E-state index contributed by atoms with van der Waals surface area (Å²) < 4.78 is 7.15. The smallest absolute Gasteiger partial charge is 0.341 e. The van der Waals surface area contributed by atoms with E-state index < -0.39 is 5.97 Å². The number of ether oxygens (including phenoxy) is 1. The molecule has 1 aromatic carbocycles. The lowest BCUT2D eigenvalue weighted by Gasteiger charge is -2.10. The van der Waals surface area contributed by atoms with Gasteiger partial charge in [-0.25, -0.2) is 4.79 Å². The standard InChI is InChI=1S/C21H24N2O3S/c1-5-14-12-16(21(25)26-7-3)20(27-14)22-19(24)18-13(4)15-10-8-9-11-17(15)23(18)6-2/h8-12H,5-7H2,1-4H3,(H,22,24). The Hall–Kier alpha value is -2.60. The van der Waals surface area contributed by atoms with Crippen LogP contribution in [-0.2, 0) is 17.7 Å². The maximum Gasteiger partial charge on any atom is 0.341 e. The van der Waals surface area contributed by atoms with Crippen molar-refractivity contribution in [2.24, 2.45) is 0 Å². The van der Waals surface area contributed by atoms with Crippen molar-refractivity contribution in [3.8, 4) is 0 Å². The molecule has 2 aromatic heterocycles. The van der Waals surface area contributed by atoms with E-state index in [4.69, 9.17) is 4.74 Å². The quantitative estimate of drug-likeness (QED) is 0.607. The summed E-state index contributed by atoms with van der Waals surface area (Å²) in [5, 5.41) is 4.56. The van der Waals surface area contributed by atoms with Crippen LogP contribution in [0.3, 0.4) is 0 Å². The van der Waals surface area contributed by atoms with Crippen molar-refractivity contribution in [3.63, 3.8) is 0 Å². The molecule has 0 bridgehead atoms. The molecule has 0 fully saturated rings. The largest absolute Gasteiger partial charge is 0.462 e. The van der Waals surface area contributed by atoms with Crippen molar-refractivity contribution >= 4 is 39.1 Å². The fraction of sp³-hybridized carbons (Fsp3) is 0.333. The van der Waals surface area contributed by atoms with E-state index in [0.717, 1.165) is 27.8 Å². The molecule has 2 heterocycles. The Bertz CT molecular complexity index is 1000. The second kappa shape index (κ2) is 7.96. The van der Waals surface area contributed by atoms with Crippen molar-refractivity contribution < 1.29 is 14.3 Å². The van der Waals surface area contributed by atoms with Crippen LogP contribution in [0.2, 0.25) is 0 Å². The average molecular weight is 385 g/mol. The lowest BCUT2D eigenvalue weighted by molar-refractivity contribution is 0.0528. The third-order valence-electron chi connectivity index (χ3n) is 4.61. The number of fused-ring (bicyclic) bond motifs is 1. The van der Waals surface area contributed by atoms with Crippen molar-refractivity contribution in [1.82, 2.24) is 4.57 Å². The molecule has 0 aliphatic heterocycles. The number of anilines is 1. The zero-order chi connectivity index (χ0) is 19.6. The highest BCUT2D eigenvalue weighted by Gasteiger charge is 2.23. The number of carbonyl (C=O) groups excluding carboxylic acids is 2. The first-order chi connectivity index (χ1) is 13.0. The minimum atomic E-state index is -0.406. The summed E-state index contributed by atoms with van der Waals surface area (Å²) in [6.45, 7) is 8.76. The highest BCUT2D eigenvalue weighted by atomic mass is 32.1. The van der Waals surface area contributed by atoms with Crippen molar-refractivity contribution in [1.29, 1.82) is 0 Å². The summed E-state index contributed by atoms with van der Waals surface area (Å²) in [4.78, 5) is 26.4. The highest BCUT2D eigenvalue weighted by molar-refractivity contribution is 7.16. The third kappa shape index (κ3) is 3.49. The summed E-state index contributed by atoms with van der Waals surface area (Å²) in [7, 11) is 0. The van der Waals surface area contributed by atoms with Gasteiger partial charge in [0.1, 0.15) is 10.7 Å². The summed E-state index contributed by atoms with van der Waals surface area (Å²) in [5.41, 5.74) is 3.02. The molecule has 0 unspecified atom stereocenters. The van der Waals surface area contributed by atoms with Gasteiger partial charge in [-0.05, 0) is 44.9 Å². The van der Waals surface area contributed by atoms with Crippen LogP contribution >= 0.6 is 11.3 Å².